The Bertz CT molecular complexity index is 1210. The molecule has 0 fully saturated rings. The second-order valence-electron chi connectivity index (χ2n) is 7.18. The van der Waals surface area contributed by atoms with Crippen molar-refractivity contribution in [2.75, 3.05) is 11.9 Å². The number of hydrogen-bond acceptors (Lipinski definition) is 6. The van der Waals surface area contributed by atoms with E-state index in [-0.39, 0.29) is 9.90 Å². The maximum Gasteiger partial charge on any atom is 0.350 e. The lowest BCUT2D eigenvalue weighted by Crippen LogP contribution is -2.20. The molecule has 2 heterocycles. The van der Waals surface area contributed by atoms with E-state index in [1.807, 2.05) is 0 Å². The SMILES string of the molecule is CC1CCc2c(sc(NC(=O)COC(=O)c3sc4cc(Cl)ccc4c3Cl)c2C#N)C1. The van der Waals surface area contributed by atoms with Crippen LogP contribution in [0.4, 0.5) is 5.00 Å². The van der Waals surface area contributed by atoms with Crippen LogP contribution in [-0.4, -0.2) is 18.5 Å². The second kappa shape index (κ2) is 8.56. The van der Waals surface area contributed by atoms with Gasteiger partial charge in [-0.05, 0) is 42.9 Å². The molecule has 1 aliphatic rings. The number of anilines is 1. The van der Waals surface area contributed by atoms with Crippen LogP contribution in [0.25, 0.3) is 10.1 Å². The minimum absolute atomic E-state index is 0.222. The molecule has 4 rings (SSSR count). The van der Waals surface area contributed by atoms with Crippen LogP contribution < -0.4 is 5.32 Å². The van der Waals surface area contributed by atoms with E-state index in [9.17, 15) is 14.9 Å². The summed E-state index contributed by atoms with van der Waals surface area (Å²) in [5.41, 5.74) is 1.55. The van der Waals surface area contributed by atoms with Crippen molar-refractivity contribution in [3.8, 4) is 6.07 Å². The molecule has 1 amide bonds. The summed E-state index contributed by atoms with van der Waals surface area (Å²) in [6, 6.07) is 7.36. The largest absolute Gasteiger partial charge is 0.451 e. The Balaban J connectivity index is 1.44. The smallest absolute Gasteiger partial charge is 0.350 e. The van der Waals surface area contributed by atoms with Gasteiger partial charge in [0.25, 0.3) is 5.91 Å². The van der Waals surface area contributed by atoms with Crippen molar-refractivity contribution >= 4 is 72.8 Å². The lowest BCUT2D eigenvalue weighted by Gasteiger charge is -2.17. The number of halogens is 2. The molecule has 9 heteroatoms. The number of rotatable bonds is 4. The summed E-state index contributed by atoms with van der Waals surface area (Å²) in [4.78, 5) is 26.2. The third-order valence-electron chi connectivity index (χ3n) is 4.99. The lowest BCUT2D eigenvalue weighted by molar-refractivity contribution is -0.119. The number of ether oxygens (including phenoxy) is 1. The van der Waals surface area contributed by atoms with E-state index in [2.05, 4.69) is 18.3 Å². The van der Waals surface area contributed by atoms with Crippen LogP contribution >= 0.6 is 45.9 Å². The first-order valence-electron chi connectivity index (χ1n) is 9.26. The standard InChI is InChI=1S/C21H16Cl2N2O3S2/c1-10-2-4-12-14(8-24)20(30-15(12)6-10)25-17(26)9-28-21(27)19-18(23)13-5-3-11(22)7-16(13)29-19/h3,5,7,10H,2,4,6,9H2,1H3,(H,25,26). The topological polar surface area (TPSA) is 79.2 Å². The normalized spacial score (nSPS) is 15.5. The minimum Gasteiger partial charge on any atom is -0.451 e. The van der Waals surface area contributed by atoms with Gasteiger partial charge in [-0.1, -0.05) is 36.2 Å². The van der Waals surface area contributed by atoms with Gasteiger partial charge in [-0.25, -0.2) is 4.79 Å². The Hall–Kier alpha value is -2.11. The Kier molecular flexibility index (Phi) is 6.03. The quantitative estimate of drug-likeness (QED) is 0.462. The molecule has 1 unspecified atom stereocenters. The lowest BCUT2D eigenvalue weighted by atomic mass is 9.89. The Morgan fingerprint density at radius 3 is 2.90 bits per heavy atom. The van der Waals surface area contributed by atoms with Crippen LogP contribution in [0.2, 0.25) is 10.0 Å². The van der Waals surface area contributed by atoms with Crippen LogP contribution in [0.5, 0.6) is 0 Å². The first kappa shape index (κ1) is 21.1. The highest BCUT2D eigenvalue weighted by atomic mass is 35.5. The number of thiophene rings is 2. The van der Waals surface area contributed by atoms with Gasteiger partial charge in [-0.2, -0.15) is 5.26 Å². The molecule has 0 spiro atoms. The Morgan fingerprint density at radius 2 is 2.13 bits per heavy atom. The zero-order chi connectivity index (χ0) is 21.4. The van der Waals surface area contributed by atoms with E-state index in [1.54, 1.807) is 18.2 Å². The zero-order valence-electron chi connectivity index (χ0n) is 15.9. The number of esters is 1. The molecule has 0 radical (unpaired) electrons. The first-order chi connectivity index (χ1) is 14.4. The van der Waals surface area contributed by atoms with Crippen LogP contribution in [0.15, 0.2) is 18.2 Å². The van der Waals surface area contributed by atoms with Gasteiger partial charge in [0, 0.05) is 20.0 Å². The number of fused-ring (bicyclic) bond motifs is 2. The van der Waals surface area contributed by atoms with Crippen molar-refractivity contribution in [2.24, 2.45) is 5.92 Å². The molecular formula is C21H16Cl2N2O3S2. The molecule has 0 aliphatic heterocycles. The summed E-state index contributed by atoms with van der Waals surface area (Å²) in [5.74, 6) is -0.604. The second-order valence-corrected chi connectivity index (χ2v) is 10.1. The Morgan fingerprint density at radius 1 is 1.33 bits per heavy atom. The van der Waals surface area contributed by atoms with Crippen molar-refractivity contribution in [3.63, 3.8) is 0 Å². The third kappa shape index (κ3) is 4.06. The van der Waals surface area contributed by atoms with Gasteiger partial charge in [-0.3, -0.25) is 4.79 Å². The van der Waals surface area contributed by atoms with Gasteiger partial charge in [0.15, 0.2) is 6.61 Å². The highest BCUT2D eigenvalue weighted by Crippen LogP contribution is 2.39. The molecular weight excluding hydrogens is 463 g/mol. The van der Waals surface area contributed by atoms with Gasteiger partial charge in [0.2, 0.25) is 0 Å². The van der Waals surface area contributed by atoms with Gasteiger partial charge in [0.05, 0.1) is 10.6 Å². The average molecular weight is 479 g/mol. The number of benzene rings is 1. The summed E-state index contributed by atoms with van der Waals surface area (Å²) in [5, 5.41) is 14.3. The van der Waals surface area contributed by atoms with Gasteiger partial charge < -0.3 is 10.1 Å². The molecule has 0 saturated carbocycles. The molecule has 3 aromatic rings. The summed E-state index contributed by atoms with van der Waals surface area (Å²) >= 11 is 14.9. The molecule has 1 atom stereocenters. The van der Waals surface area contributed by atoms with Crippen molar-refractivity contribution in [3.05, 3.63) is 49.1 Å². The molecule has 30 heavy (non-hydrogen) atoms. The highest BCUT2D eigenvalue weighted by Gasteiger charge is 2.25. The van der Waals surface area contributed by atoms with Gasteiger partial charge >= 0.3 is 5.97 Å². The monoisotopic (exact) mass is 478 g/mol. The highest BCUT2D eigenvalue weighted by molar-refractivity contribution is 7.21. The molecule has 1 aromatic carbocycles. The van der Waals surface area contributed by atoms with Crippen LogP contribution in [-0.2, 0) is 22.4 Å². The molecule has 1 aliphatic carbocycles. The summed E-state index contributed by atoms with van der Waals surface area (Å²) in [7, 11) is 0. The van der Waals surface area contributed by atoms with E-state index in [0.29, 0.717) is 26.9 Å². The van der Waals surface area contributed by atoms with Crippen molar-refractivity contribution < 1.29 is 14.3 Å². The number of nitriles is 1. The number of nitrogens with zero attached hydrogens (tertiary/aromatic N) is 1. The van der Waals surface area contributed by atoms with Crippen LogP contribution in [0, 0.1) is 17.2 Å². The maximum atomic E-state index is 12.4. The average Bonchev–Trinajstić information content (AvgIpc) is 3.22. The molecule has 0 bridgehead atoms. The Labute approximate surface area is 191 Å². The summed E-state index contributed by atoms with van der Waals surface area (Å²) in [6.45, 7) is 1.72. The van der Waals surface area contributed by atoms with Gasteiger partial charge in [0.1, 0.15) is 15.9 Å². The van der Waals surface area contributed by atoms with E-state index in [0.717, 1.165) is 45.7 Å². The molecule has 154 valence electrons. The minimum atomic E-state index is -0.674. The molecule has 2 aromatic heterocycles. The summed E-state index contributed by atoms with van der Waals surface area (Å²) in [6.07, 6.45) is 2.79. The van der Waals surface area contributed by atoms with Gasteiger partial charge in [-0.15, -0.1) is 22.7 Å². The maximum absolute atomic E-state index is 12.4. The molecule has 0 saturated heterocycles. The number of amides is 1. The van der Waals surface area contributed by atoms with E-state index in [1.165, 1.54) is 11.3 Å². The van der Waals surface area contributed by atoms with E-state index in [4.69, 9.17) is 27.9 Å². The fourth-order valence-corrected chi connectivity index (χ4v) is 6.54. The van der Waals surface area contributed by atoms with Crippen LogP contribution in [0.1, 0.15) is 39.0 Å². The fraction of sp³-hybridized carbons (Fsp3) is 0.286. The molecule has 5 nitrogen and oxygen atoms in total. The third-order valence-corrected chi connectivity index (χ3v) is 8.03. The number of carbonyl (C=O) groups excluding carboxylic acids is 2. The number of hydrogen-bond donors (Lipinski definition) is 1. The van der Waals surface area contributed by atoms with Crippen molar-refractivity contribution in [2.45, 2.75) is 26.2 Å². The number of carbonyl (C=O) groups is 2. The number of nitrogens with one attached hydrogen (secondary N) is 1. The van der Waals surface area contributed by atoms with E-state index < -0.39 is 18.5 Å². The predicted octanol–water partition coefficient (Wildman–Crippen LogP) is 6.06. The summed E-state index contributed by atoms with van der Waals surface area (Å²) < 4.78 is 5.92. The van der Waals surface area contributed by atoms with Crippen molar-refractivity contribution in [1.29, 1.82) is 5.26 Å². The first-order valence-corrected chi connectivity index (χ1v) is 11.7. The predicted molar refractivity (Wildman–Crippen MR) is 121 cm³/mol. The zero-order valence-corrected chi connectivity index (χ0v) is 19.0. The fourth-order valence-electron chi connectivity index (χ4n) is 3.49. The van der Waals surface area contributed by atoms with Crippen molar-refractivity contribution in [1.82, 2.24) is 0 Å². The van der Waals surface area contributed by atoms with Crippen LogP contribution in [0.3, 0.4) is 0 Å². The molecule has 1 N–H and O–H groups in total. The van der Waals surface area contributed by atoms with E-state index >= 15 is 0 Å².